The third kappa shape index (κ3) is 6.29. The molecule has 0 radical (unpaired) electrons. The number of carbonyl (C=O) groups excluding carboxylic acids is 2. The Hall–Kier alpha value is -3.52. The Bertz CT molecular complexity index is 1100. The van der Waals surface area contributed by atoms with Gasteiger partial charge < -0.3 is 24.6 Å². The van der Waals surface area contributed by atoms with E-state index >= 15 is 0 Å². The molecule has 1 aromatic heterocycles. The number of anilines is 1. The molecule has 0 bridgehead atoms. The first kappa shape index (κ1) is 23.6. The van der Waals surface area contributed by atoms with E-state index in [0.29, 0.717) is 36.8 Å². The van der Waals surface area contributed by atoms with Gasteiger partial charge in [-0.05, 0) is 47.2 Å². The molecular formula is C26H29N3O4S. The number of fused-ring (bicyclic) bond motifs is 1. The van der Waals surface area contributed by atoms with Crippen LogP contribution in [0.1, 0.15) is 24.3 Å². The molecule has 0 fully saturated rings. The van der Waals surface area contributed by atoms with E-state index in [1.807, 2.05) is 79.9 Å². The third-order valence-corrected chi connectivity index (χ3v) is 6.17. The molecule has 8 heteroatoms. The number of hydrogen-bond donors (Lipinski definition) is 1. The van der Waals surface area contributed by atoms with Gasteiger partial charge in [0.25, 0.3) is 0 Å². The van der Waals surface area contributed by atoms with Crippen LogP contribution in [0.2, 0.25) is 0 Å². The van der Waals surface area contributed by atoms with E-state index < -0.39 is 0 Å². The number of ether oxygens (including phenoxy) is 2. The van der Waals surface area contributed by atoms with Crippen LogP contribution in [0.3, 0.4) is 0 Å². The largest absolute Gasteiger partial charge is 0.454 e. The van der Waals surface area contributed by atoms with E-state index in [1.54, 1.807) is 21.1 Å². The average molecular weight is 480 g/mol. The van der Waals surface area contributed by atoms with E-state index in [-0.39, 0.29) is 31.2 Å². The standard InChI is InChI=1S/C26H29N3O4S/c1-19(2)14-29(26(31)27-21-7-4-3-5-8-21)17-25(30)28(16-22-9-6-12-34-22)15-20-10-11-23-24(13-20)33-18-32-23/h3-13,19H,14-18H2,1-2H3,(H,27,31). The normalized spacial score (nSPS) is 12.0. The lowest BCUT2D eigenvalue weighted by Gasteiger charge is -2.29. The zero-order chi connectivity index (χ0) is 23.9. The molecule has 0 saturated heterocycles. The molecule has 2 aromatic carbocycles. The fourth-order valence-corrected chi connectivity index (χ4v) is 4.45. The van der Waals surface area contributed by atoms with E-state index in [0.717, 1.165) is 10.4 Å². The lowest BCUT2D eigenvalue weighted by Crippen LogP contribution is -2.45. The first-order valence-corrected chi connectivity index (χ1v) is 12.2. The summed E-state index contributed by atoms with van der Waals surface area (Å²) in [5.41, 5.74) is 1.64. The van der Waals surface area contributed by atoms with Crippen LogP contribution in [0.4, 0.5) is 10.5 Å². The number of nitrogens with zero attached hydrogens (tertiary/aromatic N) is 2. The zero-order valence-corrected chi connectivity index (χ0v) is 20.2. The number of urea groups is 1. The first-order valence-electron chi connectivity index (χ1n) is 11.3. The van der Waals surface area contributed by atoms with E-state index in [4.69, 9.17) is 9.47 Å². The summed E-state index contributed by atoms with van der Waals surface area (Å²) in [4.78, 5) is 31.0. The Balaban J connectivity index is 1.50. The lowest BCUT2D eigenvalue weighted by atomic mass is 10.1. The summed E-state index contributed by atoms with van der Waals surface area (Å²) in [6, 6.07) is 18.7. The molecule has 0 unspecified atom stereocenters. The van der Waals surface area contributed by atoms with Crippen LogP contribution in [0.15, 0.2) is 66.0 Å². The molecule has 0 spiro atoms. The predicted molar refractivity (Wildman–Crippen MR) is 133 cm³/mol. The van der Waals surface area contributed by atoms with E-state index in [1.165, 1.54) is 0 Å². The minimum Gasteiger partial charge on any atom is -0.454 e. The molecule has 1 aliphatic rings. The molecule has 34 heavy (non-hydrogen) atoms. The highest BCUT2D eigenvalue weighted by Crippen LogP contribution is 2.33. The molecule has 3 aromatic rings. The van der Waals surface area contributed by atoms with Crippen LogP contribution >= 0.6 is 11.3 Å². The number of para-hydroxylation sites is 1. The molecule has 4 rings (SSSR count). The predicted octanol–water partition coefficient (Wildman–Crippen LogP) is 5.20. The van der Waals surface area contributed by atoms with Crippen molar-refractivity contribution in [2.24, 2.45) is 5.92 Å². The molecule has 1 aliphatic heterocycles. The second kappa shape index (κ2) is 11.1. The maximum absolute atomic E-state index is 13.5. The quantitative estimate of drug-likeness (QED) is 0.458. The van der Waals surface area contributed by atoms with Gasteiger partial charge in [-0.25, -0.2) is 4.79 Å². The molecule has 178 valence electrons. The van der Waals surface area contributed by atoms with Gasteiger partial charge in [0.05, 0.1) is 6.54 Å². The van der Waals surface area contributed by atoms with Gasteiger partial charge in [-0.2, -0.15) is 0 Å². The van der Waals surface area contributed by atoms with Gasteiger partial charge in [-0.1, -0.05) is 44.2 Å². The van der Waals surface area contributed by atoms with E-state index in [2.05, 4.69) is 5.32 Å². The van der Waals surface area contributed by atoms with Crippen molar-refractivity contribution in [3.8, 4) is 11.5 Å². The summed E-state index contributed by atoms with van der Waals surface area (Å²) in [5, 5.41) is 4.90. The van der Waals surface area contributed by atoms with Crippen molar-refractivity contribution in [3.05, 3.63) is 76.5 Å². The SMILES string of the molecule is CC(C)CN(CC(=O)N(Cc1ccc2c(c1)OCO2)Cc1cccs1)C(=O)Nc1ccccc1. The molecule has 2 heterocycles. The van der Waals surface area contributed by atoms with Gasteiger partial charge in [0.2, 0.25) is 12.7 Å². The van der Waals surface area contributed by atoms with Crippen molar-refractivity contribution in [1.82, 2.24) is 9.80 Å². The number of hydrogen-bond acceptors (Lipinski definition) is 5. The van der Waals surface area contributed by atoms with Crippen LogP contribution in [-0.4, -0.2) is 41.6 Å². The highest BCUT2D eigenvalue weighted by Gasteiger charge is 2.24. The number of benzene rings is 2. The van der Waals surface area contributed by atoms with Crippen molar-refractivity contribution in [2.45, 2.75) is 26.9 Å². The summed E-state index contributed by atoms with van der Waals surface area (Å²) in [6.45, 7) is 5.61. The van der Waals surface area contributed by atoms with Crippen LogP contribution in [-0.2, 0) is 17.9 Å². The minimum atomic E-state index is -0.285. The number of nitrogens with one attached hydrogen (secondary N) is 1. The van der Waals surface area contributed by atoms with Gasteiger partial charge in [-0.15, -0.1) is 11.3 Å². The molecule has 0 aliphatic carbocycles. The highest BCUT2D eigenvalue weighted by molar-refractivity contribution is 7.09. The van der Waals surface area contributed by atoms with Crippen LogP contribution < -0.4 is 14.8 Å². The van der Waals surface area contributed by atoms with Crippen molar-refractivity contribution >= 4 is 29.0 Å². The summed E-state index contributed by atoms with van der Waals surface area (Å²) in [5.74, 6) is 1.49. The van der Waals surface area contributed by atoms with Crippen LogP contribution in [0.25, 0.3) is 0 Å². The van der Waals surface area contributed by atoms with Crippen LogP contribution in [0.5, 0.6) is 11.5 Å². The molecule has 3 amide bonds. The number of amides is 3. The maximum atomic E-state index is 13.5. The summed E-state index contributed by atoms with van der Waals surface area (Å²) < 4.78 is 10.9. The molecule has 0 saturated carbocycles. The topological polar surface area (TPSA) is 71.1 Å². The molecule has 7 nitrogen and oxygen atoms in total. The van der Waals surface area contributed by atoms with Crippen molar-refractivity contribution in [2.75, 3.05) is 25.2 Å². The average Bonchev–Trinajstić information content (AvgIpc) is 3.50. The Morgan fingerprint density at radius 2 is 1.76 bits per heavy atom. The monoisotopic (exact) mass is 479 g/mol. The maximum Gasteiger partial charge on any atom is 0.322 e. The van der Waals surface area contributed by atoms with E-state index in [9.17, 15) is 9.59 Å². The number of thiophene rings is 1. The summed E-state index contributed by atoms with van der Waals surface area (Å²) in [7, 11) is 0. The fourth-order valence-electron chi connectivity index (χ4n) is 3.73. The van der Waals surface area contributed by atoms with Gasteiger partial charge in [0, 0.05) is 23.7 Å². The Morgan fingerprint density at radius 1 is 0.971 bits per heavy atom. The molecule has 1 N–H and O–H groups in total. The van der Waals surface area contributed by atoms with Crippen molar-refractivity contribution < 1.29 is 19.1 Å². The van der Waals surface area contributed by atoms with Crippen molar-refractivity contribution in [1.29, 1.82) is 0 Å². The Labute approximate surface area is 203 Å². The number of rotatable bonds is 9. The van der Waals surface area contributed by atoms with Crippen molar-refractivity contribution in [3.63, 3.8) is 0 Å². The number of carbonyl (C=O) groups is 2. The molecular weight excluding hydrogens is 450 g/mol. The highest BCUT2D eigenvalue weighted by atomic mass is 32.1. The Kier molecular flexibility index (Phi) is 7.69. The van der Waals surface area contributed by atoms with Gasteiger partial charge in [0.1, 0.15) is 6.54 Å². The smallest absolute Gasteiger partial charge is 0.322 e. The first-order chi connectivity index (χ1) is 16.5. The van der Waals surface area contributed by atoms with Gasteiger partial charge >= 0.3 is 6.03 Å². The Morgan fingerprint density at radius 3 is 2.50 bits per heavy atom. The van der Waals surface area contributed by atoms with Crippen LogP contribution in [0, 0.1) is 5.92 Å². The lowest BCUT2D eigenvalue weighted by molar-refractivity contribution is -0.133. The summed E-state index contributed by atoms with van der Waals surface area (Å²) in [6.07, 6.45) is 0. The third-order valence-electron chi connectivity index (χ3n) is 5.31. The van der Waals surface area contributed by atoms with Gasteiger partial charge in [0.15, 0.2) is 11.5 Å². The fraction of sp³-hybridized carbons (Fsp3) is 0.308. The zero-order valence-electron chi connectivity index (χ0n) is 19.4. The molecule has 0 atom stereocenters. The second-order valence-electron chi connectivity index (χ2n) is 8.59. The second-order valence-corrected chi connectivity index (χ2v) is 9.62. The summed E-state index contributed by atoms with van der Waals surface area (Å²) >= 11 is 1.61. The minimum absolute atomic E-state index is 0.00717. The van der Waals surface area contributed by atoms with Gasteiger partial charge in [-0.3, -0.25) is 4.79 Å².